The molecule has 3 aromatic rings. The molecule has 1 N–H and O–H groups in total. The van der Waals surface area contributed by atoms with Crippen molar-refractivity contribution in [1.82, 2.24) is 5.32 Å². The fourth-order valence-electron chi connectivity index (χ4n) is 3.72. The van der Waals surface area contributed by atoms with Crippen LogP contribution in [0.5, 0.6) is 0 Å². The summed E-state index contributed by atoms with van der Waals surface area (Å²) < 4.78 is 0. The lowest BCUT2D eigenvalue weighted by Crippen LogP contribution is -2.34. The summed E-state index contributed by atoms with van der Waals surface area (Å²) >= 11 is 1.41. The standard InChI is InChI=1S/C27H29NOS/c1-3-13-25(20-26(30-21(2)29)22-14-7-4-8-15-22)28-27(23-16-9-5-10-17-23)24-18-11-6-12-19-24/h3-12,14-19,25-28H,1,13,20H2,2H3. The van der Waals surface area contributed by atoms with Crippen LogP contribution in [0.25, 0.3) is 0 Å². The van der Waals surface area contributed by atoms with Crippen molar-refractivity contribution in [2.45, 2.75) is 37.1 Å². The van der Waals surface area contributed by atoms with Gasteiger partial charge in [-0.25, -0.2) is 0 Å². The monoisotopic (exact) mass is 415 g/mol. The van der Waals surface area contributed by atoms with Gasteiger partial charge in [0.15, 0.2) is 5.12 Å². The zero-order valence-electron chi connectivity index (χ0n) is 17.4. The summed E-state index contributed by atoms with van der Waals surface area (Å²) in [5.41, 5.74) is 3.64. The molecule has 0 radical (unpaired) electrons. The number of hydrogen-bond donors (Lipinski definition) is 1. The van der Waals surface area contributed by atoms with Gasteiger partial charge >= 0.3 is 0 Å². The average molecular weight is 416 g/mol. The van der Waals surface area contributed by atoms with Crippen LogP contribution in [0.15, 0.2) is 104 Å². The second-order valence-corrected chi connectivity index (χ2v) is 8.77. The van der Waals surface area contributed by atoms with E-state index >= 15 is 0 Å². The van der Waals surface area contributed by atoms with Gasteiger partial charge in [-0.3, -0.25) is 4.79 Å². The topological polar surface area (TPSA) is 29.1 Å². The van der Waals surface area contributed by atoms with Crippen molar-refractivity contribution in [3.05, 3.63) is 120 Å². The number of thioether (sulfide) groups is 1. The molecule has 3 heteroatoms. The highest BCUT2D eigenvalue weighted by Crippen LogP contribution is 2.35. The lowest BCUT2D eigenvalue weighted by Gasteiger charge is -2.29. The molecule has 0 aliphatic rings. The van der Waals surface area contributed by atoms with Crippen molar-refractivity contribution < 1.29 is 4.79 Å². The van der Waals surface area contributed by atoms with Gasteiger partial charge in [0.1, 0.15) is 0 Å². The molecule has 0 spiro atoms. The molecule has 0 amide bonds. The normalized spacial score (nSPS) is 13.0. The van der Waals surface area contributed by atoms with Gasteiger partial charge in [0.2, 0.25) is 0 Å². The van der Waals surface area contributed by atoms with Crippen LogP contribution in [0, 0.1) is 0 Å². The predicted octanol–water partition coefficient (Wildman–Crippen LogP) is 6.72. The fraction of sp³-hybridized carbons (Fsp3) is 0.222. The number of benzene rings is 3. The second kappa shape index (κ2) is 11.5. The van der Waals surface area contributed by atoms with Crippen LogP contribution in [-0.2, 0) is 4.79 Å². The zero-order chi connectivity index (χ0) is 21.2. The predicted molar refractivity (Wildman–Crippen MR) is 129 cm³/mol. The van der Waals surface area contributed by atoms with Gasteiger partial charge in [-0.2, -0.15) is 0 Å². The highest BCUT2D eigenvalue weighted by Gasteiger charge is 2.23. The molecule has 3 rings (SSSR count). The van der Waals surface area contributed by atoms with Crippen molar-refractivity contribution in [2.75, 3.05) is 0 Å². The summed E-state index contributed by atoms with van der Waals surface area (Å²) in [5, 5.41) is 4.11. The minimum Gasteiger partial charge on any atom is -0.303 e. The third-order valence-corrected chi connectivity index (χ3v) is 6.18. The Morgan fingerprint density at radius 1 is 0.867 bits per heavy atom. The Kier molecular flexibility index (Phi) is 8.49. The van der Waals surface area contributed by atoms with Gasteiger partial charge in [0, 0.05) is 18.2 Å². The molecule has 0 fully saturated rings. The van der Waals surface area contributed by atoms with Crippen LogP contribution in [0.1, 0.15) is 47.7 Å². The Morgan fingerprint density at radius 2 is 1.33 bits per heavy atom. The third kappa shape index (κ3) is 6.45. The van der Waals surface area contributed by atoms with E-state index in [1.165, 1.54) is 28.5 Å². The van der Waals surface area contributed by atoms with Crippen LogP contribution in [-0.4, -0.2) is 11.2 Å². The number of carbonyl (C=O) groups excluding carboxylic acids is 1. The Hall–Kier alpha value is -2.62. The SMILES string of the molecule is C=CCC(CC(SC(C)=O)c1ccccc1)NC(c1ccccc1)c1ccccc1. The summed E-state index contributed by atoms with van der Waals surface area (Å²) in [6.45, 7) is 5.63. The molecule has 0 saturated heterocycles. The number of nitrogens with one attached hydrogen (secondary N) is 1. The smallest absolute Gasteiger partial charge is 0.186 e. The van der Waals surface area contributed by atoms with E-state index in [0.29, 0.717) is 0 Å². The molecule has 3 aromatic carbocycles. The van der Waals surface area contributed by atoms with Crippen molar-refractivity contribution in [3.63, 3.8) is 0 Å². The Labute approximate surface area is 184 Å². The fourth-order valence-corrected chi connectivity index (χ4v) is 4.75. The van der Waals surface area contributed by atoms with Crippen LogP contribution >= 0.6 is 11.8 Å². The quantitative estimate of drug-likeness (QED) is 0.373. The van der Waals surface area contributed by atoms with E-state index in [9.17, 15) is 4.79 Å². The van der Waals surface area contributed by atoms with E-state index in [1.807, 2.05) is 36.4 Å². The van der Waals surface area contributed by atoms with E-state index < -0.39 is 0 Å². The Balaban J connectivity index is 1.87. The molecular weight excluding hydrogens is 386 g/mol. The lowest BCUT2D eigenvalue weighted by molar-refractivity contribution is -0.109. The minimum absolute atomic E-state index is 0.0797. The molecule has 0 heterocycles. The highest BCUT2D eigenvalue weighted by atomic mass is 32.2. The lowest BCUT2D eigenvalue weighted by atomic mass is 9.95. The summed E-state index contributed by atoms with van der Waals surface area (Å²) in [5.74, 6) is 0. The van der Waals surface area contributed by atoms with E-state index in [1.54, 1.807) is 6.92 Å². The molecule has 30 heavy (non-hydrogen) atoms. The van der Waals surface area contributed by atoms with Gasteiger partial charge in [0.25, 0.3) is 0 Å². The third-order valence-electron chi connectivity index (χ3n) is 5.10. The van der Waals surface area contributed by atoms with Crippen LogP contribution in [0.4, 0.5) is 0 Å². The molecule has 0 aliphatic carbocycles. The molecule has 0 bridgehead atoms. The zero-order valence-corrected chi connectivity index (χ0v) is 18.2. The van der Waals surface area contributed by atoms with Crippen LogP contribution in [0.3, 0.4) is 0 Å². The van der Waals surface area contributed by atoms with Crippen molar-refractivity contribution in [3.8, 4) is 0 Å². The van der Waals surface area contributed by atoms with Gasteiger partial charge in [-0.05, 0) is 29.5 Å². The summed E-state index contributed by atoms with van der Waals surface area (Å²) in [7, 11) is 0. The maximum atomic E-state index is 12.0. The van der Waals surface area contributed by atoms with Crippen LogP contribution in [0.2, 0.25) is 0 Å². The largest absolute Gasteiger partial charge is 0.303 e. The Bertz CT molecular complexity index is 872. The summed E-state index contributed by atoms with van der Waals surface area (Å²) in [6, 6.07) is 31.6. The minimum atomic E-state index is 0.0797. The average Bonchev–Trinajstić information content (AvgIpc) is 2.78. The number of rotatable bonds is 10. The first-order valence-electron chi connectivity index (χ1n) is 10.4. The molecule has 154 valence electrons. The van der Waals surface area contributed by atoms with Gasteiger partial charge in [-0.1, -0.05) is 109 Å². The van der Waals surface area contributed by atoms with Gasteiger partial charge in [-0.15, -0.1) is 6.58 Å². The van der Waals surface area contributed by atoms with E-state index in [-0.39, 0.29) is 22.4 Å². The number of carbonyl (C=O) groups is 1. The molecule has 2 atom stereocenters. The Morgan fingerprint density at radius 3 is 1.77 bits per heavy atom. The summed E-state index contributed by atoms with van der Waals surface area (Å²) in [6.07, 6.45) is 3.64. The number of hydrogen-bond acceptors (Lipinski definition) is 3. The first-order valence-corrected chi connectivity index (χ1v) is 11.2. The van der Waals surface area contributed by atoms with Crippen LogP contribution < -0.4 is 5.32 Å². The molecular formula is C27H29NOS. The van der Waals surface area contributed by atoms with Gasteiger partial charge in [0.05, 0.1) is 6.04 Å². The van der Waals surface area contributed by atoms with Gasteiger partial charge < -0.3 is 5.32 Å². The first kappa shape index (κ1) is 22.1. The molecule has 0 aromatic heterocycles. The van der Waals surface area contributed by atoms with E-state index in [0.717, 1.165) is 12.8 Å². The first-order chi connectivity index (χ1) is 14.7. The molecule has 2 unspecified atom stereocenters. The second-order valence-electron chi connectivity index (χ2n) is 7.39. The maximum absolute atomic E-state index is 12.0. The van der Waals surface area contributed by atoms with E-state index in [4.69, 9.17) is 0 Å². The van der Waals surface area contributed by atoms with E-state index in [2.05, 4.69) is 72.6 Å². The van der Waals surface area contributed by atoms with Crippen molar-refractivity contribution in [2.24, 2.45) is 0 Å². The van der Waals surface area contributed by atoms with Crippen molar-refractivity contribution in [1.29, 1.82) is 0 Å². The summed E-state index contributed by atoms with van der Waals surface area (Å²) in [4.78, 5) is 12.0. The van der Waals surface area contributed by atoms with Crippen molar-refractivity contribution >= 4 is 16.9 Å². The molecule has 0 saturated carbocycles. The molecule has 0 aliphatic heterocycles. The molecule has 2 nitrogen and oxygen atoms in total. The highest BCUT2D eigenvalue weighted by molar-refractivity contribution is 8.13. The maximum Gasteiger partial charge on any atom is 0.186 e.